The first-order valence-corrected chi connectivity index (χ1v) is 9.93. The van der Waals surface area contributed by atoms with Gasteiger partial charge in [-0.2, -0.15) is 0 Å². The zero-order valence-corrected chi connectivity index (χ0v) is 16.6. The van der Waals surface area contributed by atoms with Gasteiger partial charge in [-0.1, -0.05) is 54.6 Å². The van der Waals surface area contributed by atoms with Crippen molar-refractivity contribution < 1.29 is 9.15 Å². The summed E-state index contributed by atoms with van der Waals surface area (Å²) < 4.78 is 11.3. The van der Waals surface area contributed by atoms with Crippen LogP contribution >= 0.6 is 0 Å². The molecule has 1 N–H and O–H groups in total. The molecule has 5 aromatic rings. The third-order valence-corrected chi connectivity index (χ3v) is 5.12. The van der Waals surface area contributed by atoms with Crippen molar-refractivity contribution in [3.05, 3.63) is 84.4 Å². The third kappa shape index (κ3) is 3.46. The van der Waals surface area contributed by atoms with Crippen molar-refractivity contribution in [1.82, 2.24) is 9.97 Å². The van der Waals surface area contributed by atoms with Gasteiger partial charge in [-0.15, -0.1) is 0 Å². The van der Waals surface area contributed by atoms with Gasteiger partial charge in [0, 0.05) is 17.5 Å². The lowest BCUT2D eigenvalue weighted by molar-refractivity contribution is 0.414. The summed E-state index contributed by atoms with van der Waals surface area (Å²) >= 11 is 0. The summed E-state index contributed by atoms with van der Waals surface area (Å²) in [5.41, 5.74) is 4.52. The number of nitrogens with zero attached hydrogens (tertiary/aromatic N) is 2. The predicted molar refractivity (Wildman–Crippen MR) is 120 cm³/mol. The molecule has 0 spiro atoms. The second-order valence-corrected chi connectivity index (χ2v) is 7.06. The van der Waals surface area contributed by atoms with Crippen molar-refractivity contribution in [2.24, 2.45) is 0 Å². The highest BCUT2D eigenvalue weighted by molar-refractivity contribution is 6.06. The fourth-order valence-corrected chi connectivity index (χ4v) is 3.54. The molecule has 5 heteroatoms. The fourth-order valence-electron chi connectivity index (χ4n) is 3.54. The lowest BCUT2D eigenvalue weighted by Gasteiger charge is -2.09. The number of aromatic nitrogens is 2. The molecular formula is C25H21N3O2. The average Bonchev–Trinajstić information content (AvgIpc) is 3.19. The Morgan fingerprint density at radius 1 is 0.867 bits per heavy atom. The summed E-state index contributed by atoms with van der Waals surface area (Å²) in [6.07, 6.45) is 0.858. The van der Waals surface area contributed by atoms with Gasteiger partial charge in [-0.25, -0.2) is 9.97 Å². The Morgan fingerprint density at radius 2 is 1.63 bits per heavy atom. The first-order chi connectivity index (χ1) is 14.8. The van der Waals surface area contributed by atoms with E-state index in [0.29, 0.717) is 17.2 Å². The molecule has 0 aliphatic rings. The molecule has 30 heavy (non-hydrogen) atoms. The first-order valence-electron chi connectivity index (χ1n) is 9.93. The van der Waals surface area contributed by atoms with Crippen LogP contribution in [0.1, 0.15) is 5.56 Å². The van der Waals surface area contributed by atoms with Gasteiger partial charge in [0.05, 0.1) is 7.11 Å². The standard InChI is InChI=1S/C25H21N3O2/c1-29-19-13-11-17(12-14-19)15-16-26-25-23-22(20-9-5-6-10-21(20)30-23)27-24(28-25)18-7-3-2-4-8-18/h2-14H,15-16H2,1H3,(H,26,27,28). The molecule has 5 rings (SSSR count). The Morgan fingerprint density at radius 3 is 2.43 bits per heavy atom. The molecule has 0 bridgehead atoms. The topological polar surface area (TPSA) is 60.2 Å². The van der Waals surface area contributed by atoms with E-state index in [1.54, 1.807) is 7.11 Å². The van der Waals surface area contributed by atoms with Crippen LogP contribution in [0.3, 0.4) is 0 Å². The minimum atomic E-state index is 0.682. The molecule has 0 amide bonds. The number of ether oxygens (including phenoxy) is 1. The number of methoxy groups -OCH3 is 1. The Labute approximate surface area is 174 Å². The summed E-state index contributed by atoms with van der Waals surface area (Å²) in [4.78, 5) is 9.61. The summed E-state index contributed by atoms with van der Waals surface area (Å²) in [5, 5.41) is 4.45. The van der Waals surface area contributed by atoms with E-state index < -0.39 is 0 Å². The zero-order chi connectivity index (χ0) is 20.3. The molecular weight excluding hydrogens is 374 g/mol. The van der Waals surface area contributed by atoms with Crippen LogP contribution in [0, 0.1) is 0 Å². The summed E-state index contributed by atoms with van der Waals surface area (Å²) in [5.74, 6) is 2.25. The van der Waals surface area contributed by atoms with Crippen LogP contribution < -0.4 is 10.1 Å². The Kier molecular flexibility index (Phi) is 4.77. The molecule has 0 radical (unpaired) electrons. The monoisotopic (exact) mass is 395 g/mol. The highest BCUT2D eigenvalue weighted by atomic mass is 16.5. The van der Waals surface area contributed by atoms with E-state index in [2.05, 4.69) is 17.4 Å². The number of para-hydroxylation sites is 1. The molecule has 3 aromatic carbocycles. The van der Waals surface area contributed by atoms with Gasteiger partial charge in [0.2, 0.25) is 0 Å². The number of nitrogens with one attached hydrogen (secondary N) is 1. The van der Waals surface area contributed by atoms with E-state index in [1.165, 1.54) is 5.56 Å². The Hall–Kier alpha value is -3.86. The van der Waals surface area contributed by atoms with E-state index in [-0.39, 0.29) is 0 Å². The minimum Gasteiger partial charge on any atom is -0.497 e. The number of furan rings is 1. The molecule has 5 nitrogen and oxygen atoms in total. The van der Waals surface area contributed by atoms with Crippen LogP contribution in [0.2, 0.25) is 0 Å². The fraction of sp³-hybridized carbons (Fsp3) is 0.120. The van der Waals surface area contributed by atoms with E-state index in [0.717, 1.165) is 40.8 Å². The maximum Gasteiger partial charge on any atom is 0.196 e. The first kappa shape index (κ1) is 18.2. The number of fused-ring (bicyclic) bond motifs is 3. The second-order valence-electron chi connectivity index (χ2n) is 7.06. The number of anilines is 1. The summed E-state index contributed by atoms with van der Waals surface area (Å²) in [7, 11) is 1.68. The number of benzene rings is 3. The second kappa shape index (κ2) is 7.87. The minimum absolute atomic E-state index is 0.682. The molecule has 0 unspecified atom stereocenters. The van der Waals surface area contributed by atoms with Gasteiger partial charge in [-0.05, 0) is 36.2 Å². The maximum atomic E-state index is 6.10. The molecule has 0 aliphatic carbocycles. The number of hydrogen-bond acceptors (Lipinski definition) is 5. The van der Waals surface area contributed by atoms with Crippen molar-refractivity contribution in [1.29, 1.82) is 0 Å². The van der Waals surface area contributed by atoms with E-state index >= 15 is 0 Å². The molecule has 0 saturated heterocycles. The average molecular weight is 395 g/mol. The smallest absolute Gasteiger partial charge is 0.196 e. The van der Waals surface area contributed by atoms with Crippen molar-refractivity contribution in [3.63, 3.8) is 0 Å². The van der Waals surface area contributed by atoms with Gasteiger partial charge in [0.25, 0.3) is 0 Å². The van der Waals surface area contributed by atoms with Gasteiger partial charge in [-0.3, -0.25) is 0 Å². The number of rotatable bonds is 6. The molecule has 2 heterocycles. The predicted octanol–water partition coefficient (Wildman–Crippen LogP) is 5.71. The van der Waals surface area contributed by atoms with Gasteiger partial charge in [0.15, 0.2) is 17.2 Å². The van der Waals surface area contributed by atoms with E-state index in [4.69, 9.17) is 19.1 Å². The Bertz CT molecular complexity index is 1300. The molecule has 0 fully saturated rings. The highest BCUT2D eigenvalue weighted by Crippen LogP contribution is 2.33. The van der Waals surface area contributed by atoms with Crippen LogP contribution in [0.4, 0.5) is 5.82 Å². The van der Waals surface area contributed by atoms with Crippen LogP contribution in [0.15, 0.2) is 83.3 Å². The van der Waals surface area contributed by atoms with Gasteiger partial charge >= 0.3 is 0 Å². The molecule has 0 atom stereocenters. The van der Waals surface area contributed by atoms with Crippen LogP contribution in [-0.4, -0.2) is 23.6 Å². The maximum absolute atomic E-state index is 6.10. The largest absolute Gasteiger partial charge is 0.497 e. The van der Waals surface area contributed by atoms with Crippen LogP contribution in [0.5, 0.6) is 5.75 Å². The van der Waals surface area contributed by atoms with Crippen molar-refractivity contribution in [2.75, 3.05) is 19.0 Å². The van der Waals surface area contributed by atoms with Crippen LogP contribution in [-0.2, 0) is 6.42 Å². The molecule has 2 aromatic heterocycles. The van der Waals surface area contributed by atoms with E-state index in [1.807, 2.05) is 66.7 Å². The van der Waals surface area contributed by atoms with Crippen LogP contribution in [0.25, 0.3) is 33.5 Å². The van der Waals surface area contributed by atoms with Crippen molar-refractivity contribution in [3.8, 4) is 17.1 Å². The Balaban J connectivity index is 1.50. The molecule has 0 aliphatic heterocycles. The SMILES string of the molecule is COc1ccc(CCNc2nc(-c3ccccc3)nc3c2oc2ccccc23)cc1. The molecule has 148 valence electrons. The quantitative estimate of drug-likeness (QED) is 0.399. The van der Waals surface area contributed by atoms with Crippen molar-refractivity contribution in [2.45, 2.75) is 6.42 Å². The van der Waals surface area contributed by atoms with Gasteiger partial charge < -0.3 is 14.5 Å². The summed E-state index contributed by atoms with van der Waals surface area (Å²) in [6, 6.07) is 26.1. The van der Waals surface area contributed by atoms with E-state index in [9.17, 15) is 0 Å². The van der Waals surface area contributed by atoms with Gasteiger partial charge in [0.1, 0.15) is 16.8 Å². The third-order valence-electron chi connectivity index (χ3n) is 5.12. The normalized spacial score (nSPS) is 11.1. The lowest BCUT2D eigenvalue weighted by Crippen LogP contribution is -2.07. The van der Waals surface area contributed by atoms with Crippen molar-refractivity contribution >= 4 is 27.9 Å². The number of hydrogen-bond donors (Lipinski definition) is 1. The molecule has 0 saturated carbocycles. The highest BCUT2D eigenvalue weighted by Gasteiger charge is 2.16. The summed E-state index contributed by atoms with van der Waals surface area (Å²) in [6.45, 7) is 0.726. The zero-order valence-electron chi connectivity index (χ0n) is 16.6. The lowest BCUT2D eigenvalue weighted by atomic mass is 10.1.